The van der Waals surface area contributed by atoms with Crippen molar-refractivity contribution in [2.75, 3.05) is 25.1 Å². The first-order chi connectivity index (χ1) is 10.2. The number of aromatic nitrogens is 1. The number of aliphatic imine (C=N–C) groups is 1. The number of sulfone groups is 1. The van der Waals surface area contributed by atoms with E-state index in [1.807, 2.05) is 14.0 Å². The van der Waals surface area contributed by atoms with Gasteiger partial charge in [0.15, 0.2) is 5.96 Å². The molecule has 1 aromatic rings. The van der Waals surface area contributed by atoms with Crippen LogP contribution in [0.1, 0.15) is 19.0 Å². The highest BCUT2D eigenvalue weighted by molar-refractivity contribution is 14.0. The van der Waals surface area contributed by atoms with E-state index in [2.05, 4.69) is 15.6 Å². The molecule has 0 radical (unpaired) electrons. The molecule has 0 bridgehead atoms. The second-order valence-corrected chi connectivity index (χ2v) is 7.96. The van der Waals surface area contributed by atoms with E-state index in [0.717, 1.165) is 5.69 Å². The molecule has 6 nitrogen and oxygen atoms in total. The lowest BCUT2D eigenvalue weighted by molar-refractivity contribution is 0.598. The van der Waals surface area contributed by atoms with Crippen LogP contribution in [0, 0.1) is 0 Å². The van der Waals surface area contributed by atoms with Gasteiger partial charge < -0.3 is 15.2 Å². The van der Waals surface area contributed by atoms with Crippen LogP contribution in [0.2, 0.25) is 10.2 Å². The van der Waals surface area contributed by atoms with Crippen LogP contribution in [-0.4, -0.2) is 44.0 Å². The lowest BCUT2D eigenvalue weighted by Crippen LogP contribution is -2.38. The van der Waals surface area contributed by atoms with Gasteiger partial charge in [0.25, 0.3) is 0 Å². The predicted molar refractivity (Wildman–Crippen MR) is 108 cm³/mol. The van der Waals surface area contributed by atoms with Gasteiger partial charge in [0.05, 0.1) is 17.3 Å². The second kappa shape index (κ2) is 10.6. The van der Waals surface area contributed by atoms with Crippen LogP contribution < -0.4 is 10.6 Å². The maximum absolute atomic E-state index is 11.1. The lowest BCUT2D eigenvalue weighted by Gasteiger charge is -2.11. The minimum absolute atomic E-state index is 0. The minimum atomic E-state index is -2.93. The van der Waals surface area contributed by atoms with E-state index in [-0.39, 0.29) is 29.7 Å². The van der Waals surface area contributed by atoms with Gasteiger partial charge in [-0.2, -0.15) is 0 Å². The van der Waals surface area contributed by atoms with Gasteiger partial charge in [0.2, 0.25) is 0 Å². The van der Waals surface area contributed by atoms with Crippen molar-refractivity contribution in [2.24, 2.45) is 12.0 Å². The standard InChI is InChI=1S/C13H22Cl2N4O2S.HI/c1-4-16-13(17-6-5-7-22(3,20)21)18-9-10-8-11(14)12(15)19(10)2;/h8H,4-7,9H2,1-3H3,(H2,16,17,18);1H. The Balaban J connectivity index is 0.00000484. The predicted octanol–water partition coefficient (Wildman–Crippen LogP) is 2.44. The summed E-state index contributed by atoms with van der Waals surface area (Å²) in [6.45, 7) is 3.63. The Bertz CT molecular complexity index is 632. The van der Waals surface area contributed by atoms with Gasteiger partial charge in [-0.25, -0.2) is 13.4 Å². The molecule has 2 N–H and O–H groups in total. The Labute approximate surface area is 165 Å². The first-order valence-electron chi connectivity index (χ1n) is 6.94. The number of nitrogens with zero attached hydrogens (tertiary/aromatic N) is 2. The number of rotatable bonds is 7. The average Bonchev–Trinajstić information content (AvgIpc) is 2.67. The largest absolute Gasteiger partial charge is 0.357 e. The van der Waals surface area contributed by atoms with Crippen molar-refractivity contribution < 1.29 is 8.42 Å². The Morgan fingerprint density at radius 2 is 2.00 bits per heavy atom. The van der Waals surface area contributed by atoms with E-state index in [0.29, 0.717) is 42.2 Å². The molecule has 0 atom stereocenters. The third kappa shape index (κ3) is 8.46. The van der Waals surface area contributed by atoms with E-state index >= 15 is 0 Å². The maximum Gasteiger partial charge on any atom is 0.191 e. The number of guanidine groups is 1. The number of halogens is 3. The Morgan fingerprint density at radius 3 is 2.48 bits per heavy atom. The quantitative estimate of drug-likeness (QED) is 0.263. The highest BCUT2D eigenvalue weighted by Crippen LogP contribution is 2.25. The van der Waals surface area contributed by atoms with Gasteiger partial charge in [0, 0.05) is 32.1 Å². The summed E-state index contributed by atoms with van der Waals surface area (Å²) in [6, 6.07) is 1.78. The zero-order valence-electron chi connectivity index (χ0n) is 13.4. The Hall–Kier alpha value is -0.190. The molecule has 1 rings (SSSR count). The summed E-state index contributed by atoms with van der Waals surface area (Å²) in [5.41, 5.74) is 0.892. The third-order valence-corrected chi connectivity index (χ3v) is 4.82. The van der Waals surface area contributed by atoms with E-state index in [1.165, 1.54) is 6.26 Å². The fourth-order valence-corrected chi connectivity index (χ4v) is 2.87. The maximum atomic E-state index is 11.1. The van der Waals surface area contributed by atoms with E-state index < -0.39 is 9.84 Å². The van der Waals surface area contributed by atoms with Gasteiger partial charge in [-0.3, -0.25) is 0 Å². The highest BCUT2D eigenvalue weighted by Gasteiger charge is 2.08. The molecule has 0 amide bonds. The van der Waals surface area contributed by atoms with Crippen molar-refractivity contribution in [1.29, 1.82) is 0 Å². The monoisotopic (exact) mass is 496 g/mol. The van der Waals surface area contributed by atoms with Crippen molar-refractivity contribution in [3.8, 4) is 0 Å². The fourth-order valence-electron chi connectivity index (χ4n) is 1.78. The van der Waals surface area contributed by atoms with Crippen molar-refractivity contribution >= 4 is 63.0 Å². The van der Waals surface area contributed by atoms with Crippen LogP contribution >= 0.6 is 47.2 Å². The summed E-state index contributed by atoms with van der Waals surface area (Å²) in [5, 5.41) is 7.19. The first-order valence-corrected chi connectivity index (χ1v) is 9.75. The minimum Gasteiger partial charge on any atom is -0.357 e. The van der Waals surface area contributed by atoms with Crippen molar-refractivity contribution in [1.82, 2.24) is 15.2 Å². The van der Waals surface area contributed by atoms with E-state index in [4.69, 9.17) is 23.2 Å². The van der Waals surface area contributed by atoms with Crippen LogP contribution in [0.15, 0.2) is 11.1 Å². The molecule has 23 heavy (non-hydrogen) atoms. The number of hydrogen-bond donors (Lipinski definition) is 2. The van der Waals surface area contributed by atoms with Crippen molar-refractivity contribution in [3.05, 3.63) is 21.9 Å². The van der Waals surface area contributed by atoms with E-state index in [9.17, 15) is 8.42 Å². The van der Waals surface area contributed by atoms with Crippen LogP contribution in [-0.2, 0) is 23.4 Å². The van der Waals surface area contributed by atoms with Gasteiger partial charge in [-0.1, -0.05) is 23.2 Å². The van der Waals surface area contributed by atoms with Crippen molar-refractivity contribution in [2.45, 2.75) is 19.9 Å². The Kier molecular flexibility index (Phi) is 10.5. The summed E-state index contributed by atoms with van der Waals surface area (Å²) in [5.74, 6) is 0.784. The summed E-state index contributed by atoms with van der Waals surface area (Å²) in [4.78, 5) is 4.44. The van der Waals surface area contributed by atoms with Gasteiger partial charge in [-0.15, -0.1) is 24.0 Å². The molecule has 10 heteroatoms. The van der Waals surface area contributed by atoms with Crippen LogP contribution in [0.5, 0.6) is 0 Å². The Morgan fingerprint density at radius 1 is 1.35 bits per heavy atom. The molecule has 0 unspecified atom stereocenters. The molecule has 0 aliphatic rings. The third-order valence-electron chi connectivity index (χ3n) is 2.94. The SMILES string of the molecule is CCNC(=NCc1cc(Cl)c(Cl)n1C)NCCCS(C)(=O)=O.I. The molecule has 0 fully saturated rings. The molecule has 1 aromatic heterocycles. The summed E-state index contributed by atoms with van der Waals surface area (Å²) >= 11 is 12.0. The summed E-state index contributed by atoms with van der Waals surface area (Å²) in [6.07, 6.45) is 1.76. The second-order valence-electron chi connectivity index (χ2n) is 4.94. The van der Waals surface area contributed by atoms with Crippen LogP contribution in [0.3, 0.4) is 0 Å². The summed E-state index contributed by atoms with van der Waals surface area (Å²) < 4.78 is 23.9. The summed E-state index contributed by atoms with van der Waals surface area (Å²) in [7, 11) is -1.11. The van der Waals surface area contributed by atoms with E-state index in [1.54, 1.807) is 10.6 Å². The first kappa shape index (κ1) is 22.8. The molecule has 0 aromatic carbocycles. The van der Waals surface area contributed by atoms with Gasteiger partial charge in [-0.05, 0) is 19.4 Å². The fraction of sp³-hybridized carbons (Fsp3) is 0.615. The topological polar surface area (TPSA) is 75.5 Å². The zero-order chi connectivity index (χ0) is 16.8. The van der Waals surface area contributed by atoms with Gasteiger partial charge in [0.1, 0.15) is 15.0 Å². The molecule has 0 saturated carbocycles. The normalized spacial score (nSPS) is 12.0. The smallest absolute Gasteiger partial charge is 0.191 e. The van der Waals surface area contributed by atoms with Crippen molar-refractivity contribution in [3.63, 3.8) is 0 Å². The number of hydrogen-bond acceptors (Lipinski definition) is 3. The van der Waals surface area contributed by atoms with Crippen LogP contribution in [0.4, 0.5) is 0 Å². The van der Waals surface area contributed by atoms with Crippen LogP contribution in [0.25, 0.3) is 0 Å². The average molecular weight is 497 g/mol. The molecule has 0 spiro atoms. The molecule has 134 valence electrons. The highest BCUT2D eigenvalue weighted by atomic mass is 127. The lowest BCUT2D eigenvalue weighted by atomic mass is 10.4. The molecule has 0 aliphatic carbocycles. The molecular weight excluding hydrogens is 474 g/mol. The zero-order valence-corrected chi connectivity index (χ0v) is 18.1. The number of nitrogens with one attached hydrogen (secondary N) is 2. The molecular formula is C13H23Cl2IN4O2S. The molecule has 1 heterocycles. The molecule has 0 aliphatic heterocycles. The molecule has 0 saturated heterocycles. The van der Waals surface area contributed by atoms with Gasteiger partial charge >= 0.3 is 0 Å².